The molecule has 30 heavy (non-hydrogen) atoms. The molecule has 0 atom stereocenters. The summed E-state index contributed by atoms with van der Waals surface area (Å²) < 4.78 is 33.3. The van der Waals surface area contributed by atoms with Crippen molar-refractivity contribution in [1.82, 2.24) is 0 Å². The molecule has 0 fully saturated rings. The molecule has 0 aliphatic carbocycles. The van der Waals surface area contributed by atoms with E-state index in [1.807, 2.05) is 0 Å². The Balaban J connectivity index is 0. The van der Waals surface area contributed by atoms with Crippen LogP contribution in [0.3, 0.4) is 0 Å². The van der Waals surface area contributed by atoms with Crippen molar-refractivity contribution < 1.29 is 68.2 Å². The van der Waals surface area contributed by atoms with Crippen molar-refractivity contribution in [1.29, 1.82) is 0 Å². The van der Waals surface area contributed by atoms with Crippen molar-refractivity contribution in [3.8, 4) is 0 Å². The van der Waals surface area contributed by atoms with Crippen LogP contribution in [0.25, 0.3) is 0 Å². The molecule has 0 bridgehead atoms. The second-order valence-corrected chi connectivity index (χ2v) is 9.70. The van der Waals surface area contributed by atoms with Crippen molar-refractivity contribution in [2.45, 2.75) is 142 Å². The summed E-state index contributed by atoms with van der Waals surface area (Å²) in [5, 5.41) is 0. The minimum absolute atomic E-state index is 0. The van der Waals surface area contributed by atoms with Gasteiger partial charge in [-0.2, -0.15) is 8.42 Å². The molecule has 0 spiro atoms. The average Bonchev–Trinajstić information content (AvgIpc) is 2.70. The van der Waals surface area contributed by atoms with E-state index in [0.717, 1.165) is 38.5 Å². The van der Waals surface area contributed by atoms with Crippen molar-refractivity contribution in [3.05, 3.63) is 0 Å². The fourth-order valence-electron chi connectivity index (χ4n) is 3.53. The molecule has 4 nitrogen and oxygen atoms in total. The van der Waals surface area contributed by atoms with Gasteiger partial charge in [0.2, 0.25) is 0 Å². The van der Waals surface area contributed by atoms with Crippen LogP contribution in [0.4, 0.5) is 0 Å². The van der Waals surface area contributed by atoms with Crippen molar-refractivity contribution >= 4 is 10.4 Å². The van der Waals surface area contributed by atoms with Crippen molar-refractivity contribution in [2.75, 3.05) is 13.2 Å². The Bertz CT molecular complexity index is 383. The van der Waals surface area contributed by atoms with E-state index in [9.17, 15) is 8.42 Å². The Hall–Kier alpha value is 1.51. The largest absolute Gasteiger partial charge is 1.00 e. The molecule has 0 aliphatic heterocycles. The van der Waals surface area contributed by atoms with E-state index in [1.165, 1.54) is 89.9 Å². The fraction of sp³-hybridized carbons (Fsp3) is 1.00. The molecule has 0 aromatic heterocycles. The van der Waals surface area contributed by atoms with Gasteiger partial charge in [0.05, 0.1) is 13.2 Å². The quantitative estimate of drug-likeness (QED) is 0.144. The van der Waals surface area contributed by atoms with Crippen LogP contribution >= 0.6 is 0 Å². The van der Waals surface area contributed by atoms with Crippen LogP contribution in [0.1, 0.15) is 142 Å². The summed E-state index contributed by atoms with van der Waals surface area (Å²) >= 11 is 0. The molecule has 0 aromatic carbocycles. The molecule has 0 radical (unpaired) electrons. The Labute approximate surface area is 231 Å². The Morgan fingerprint density at radius 2 is 0.667 bits per heavy atom. The SMILES string of the molecule is CCCCCCCCCCCCOS(=O)(=O)OCCCCCCCCCCCC.[K+]. The van der Waals surface area contributed by atoms with Gasteiger partial charge in [-0.3, -0.25) is 0 Å². The van der Waals surface area contributed by atoms with Crippen molar-refractivity contribution in [2.24, 2.45) is 0 Å². The molecule has 0 rings (SSSR count). The minimum Gasteiger partial charge on any atom is -0.248 e. The number of hydrogen-bond donors (Lipinski definition) is 0. The third kappa shape index (κ3) is 27.5. The number of rotatable bonds is 24. The molecule has 6 heteroatoms. The number of unbranched alkanes of at least 4 members (excludes halogenated alkanes) is 18. The summed E-state index contributed by atoms with van der Waals surface area (Å²) in [6.07, 6.45) is 24.4. The summed E-state index contributed by atoms with van der Waals surface area (Å²) in [6.45, 7) is 4.98. The first kappa shape index (κ1) is 33.7. The number of hydrogen-bond acceptors (Lipinski definition) is 4. The molecule has 0 aliphatic rings. The summed E-state index contributed by atoms with van der Waals surface area (Å²) in [7, 11) is -3.80. The van der Waals surface area contributed by atoms with E-state index in [2.05, 4.69) is 13.8 Å². The smallest absolute Gasteiger partial charge is 0.248 e. The second kappa shape index (κ2) is 26.8. The molecule has 0 saturated heterocycles. The second-order valence-electron chi connectivity index (χ2n) is 8.42. The molecule has 0 N–H and O–H groups in total. The zero-order chi connectivity index (χ0) is 21.5. The summed E-state index contributed by atoms with van der Waals surface area (Å²) in [6, 6.07) is 0. The average molecular weight is 474 g/mol. The van der Waals surface area contributed by atoms with E-state index in [1.54, 1.807) is 0 Å². The molecule has 176 valence electrons. The van der Waals surface area contributed by atoms with E-state index >= 15 is 0 Å². The Morgan fingerprint density at radius 3 is 0.933 bits per heavy atom. The van der Waals surface area contributed by atoms with Crippen LogP contribution in [0.2, 0.25) is 0 Å². The fourth-order valence-corrected chi connectivity index (χ4v) is 4.25. The maximum atomic E-state index is 11.7. The predicted octanol–water partition coefficient (Wildman–Crippen LogP) is 5.11. The summed E-state index contributed by atoms with van der Waals surface area (Å²) in [4.78, 5) is 0. The third-order valence-electron chi connectivity index (χ3n) is 5.45. The van der Waals surface area contributed by atoms with E-state index < -0.39 is 10.4 Å². The predicted molar refractivity (Wildman–Crippen MR) is 125 cm³/mol. The van der Waals surface area contributed by atoms with Gasteiger partial charge in [-0.15, -0.1) is 0 Å². The van der Waals surface area contributed by atoms with Crippen LogP contribution in [0, 0.1) is 0 Å². The van der Waals surface area contributed by atoms with E-state index in [4.69, 9.17) is 8.37 Å². The normalized spacial score (nSPS) is 11.5. The Morgan fingerprint density at radius 1 is 0.433 bits per heavy atom. The van der Waals surface area contributed by atoms with Gasteiger partial charge in [0.1, 0.15) is 0 Å². The molecule has 0 heterocycles. The first-order valence-electron chi connectivity index (χ1n) is 12.7. The molecule has 0 saturated carbocycles. The maximum Gasteiger partial charge on any atom is 1.00 e. The Kier molecular flexibility index (Phi) is 30.0. The zero-order valence-corrected chi connectivity index (χ0v) is 24.5. The first-order valence-corrected chi connectivity index (χ1v) is 14.0. The molecule has 0 unspecified atom stereocenters. The van der Waals surface area contributed by atoms with Gasteiger partial charge in [0, 0.05) is 0 Å². The van der Waals surface area contributed by atoms with Crippen LogP contribution in [0.5, 0.6) is 0 Å². The van der Waals surface area contributed by atoms with Crippen LogP contribution in [0.15, 0.2) is 0 Å². The van der Waals surface area contributed by atoms with Gasteiger partial charge in [0.15, 0.2) is 0 Å². The van der Waals surface area contributed by atoms with Gasteiger partial charge >= 0.3 is 61.8 Å². The van der Waals surface area contributed by atoms with Crippen molar-refractivity contribution in [3.63, 3.8) is 0 Å². The van der Waals surface area contributed by atoms with Gasteiger partial charge < -0.3 is 0 Å². The minimum atomic E-state index is -3.80. The molecule has 0 aromatic rings. The zero-order valence-electron chi connectivity index (χ0n) is 20.6. The first-order chi connectivity index (χ1) is 14.1. The molecular weight excluding hydrogens is 423 g/mol. The van der Waals surface area contributed by atoms with E-state index in [0.29, 0.717) is 0 Å². The van der Waals surface area contributed by atoms with Crippen LogP contribution < -0.4 is 51.4 Å². The topological polar surface area (TPSA) is 52.6 Å². The molecular formula is C24H50KO4S+. The van der Waals surface area contributed by atoms with Gasteiger partial charge in [-0.1, -0.05) is 129 Å². The summed E-state index contributed by atoms with van der Waals surface area (Å²) in [5.41, 5.74) is 0. The van der Waals surface area contributed by atoms with Gasteiger partial charge in [0.25, 0.3) is 0 Å². The monoisotopic (exact) mass is 473 g/mol. The van der Waals surface area contributed by atoms with E-state index in [-0.39, 0.29) is 64.6 Å². The van der Waals surface area contributed by atoms with Crippen LogP contribution in [-0.2, 0) is 18.8 Å². The maximum absolute atomic E-state index is 11.7. The van der Waals surface area contributed by atoms with Gasteiger partial charge in [-0.25, -0.2) is 8.37 Å². The van der Waals surface area contributed by atoms with Gasteiger partial charge in [-0.05, 0) is 12.8 Å². The summed E-state index contributed by atoms with van der Waals surface area (Å²) in [5.74, 6) is 0. The standard InChI is InChI=1S/C24H50O4S.K/c1-3-5-7-9-11-13-15-17-19-21-23-27-29(25,26)28-24-22-20-18-16-14-12-10-8-6-4-2;/h3-24H2,1-2H3;/q;+1. The molecule has 0 amide bonds. The van der Waals surface area contributed by atoms with Crippen LogP contribution in [-0.4, -0.2) is 21.6 Å². The third-order valence-corrected chi connectivity index (χ3v) is 6.36.